The normalized spacial score (nSPS) is 28.7. The van der Waals surface area contributed by atoms with Crippen LogP contribution >= 0.6 is 0 Å². The van der Waals surface area contributed by atoms with Crippen LogP contribution in [0.2, 0.25) is 0 Å². The van der Waals surface area contributed by atoms with Gasteiger partial charge < -0.3 is 9.80 Å². The zero-order chi connectivity index (χ0) is 21.1. The molecule has 0 bridgehead atoms. The second-order valence-electron chi connectivity index (χ2n) is 9.48. The Balaban J connectivity index is 1.36. The van der Waals surface area contributed by atoms with Gasteiger partial charge in [0.05, 0.1) is 0 Å². The molecule has 3 aliphatic rings. The van der Waals surface area contributed by atoms with Gasteiger partial charge in [-0.1, -0.05) is 6.07 Å². The summed E-state index contributed by atoms with van der Waals surface area (Å²) in [6.07, 6.45) is 10.9. The molecule has 6 heteroatoms. The summed E-state index contributed by atoms with van der Waals surface area (Å²) >= 11 is 0. The highest BCUT2D eigenvalue weighted by atomic mass is 16.2. The van der Waals surface area contributed by atoms with E-state index in [1.165, 1.54) is 38.8 Å². The van der Waals surface area contributed by atoms with Crippen molar-refractivity contribution in [1.29, 1.82) is 0 Å². The molecule has 30 heavy (non-hydrogen) atoms. The lowest BCUT2D eigenvalue weighted by Gasteiger charge is -2.57. The molecule has 0 radical (unpaired) electrons. The van der Waals surface area contributed by atoms with Gasteiger partial charge in [-0.2, -0.15) is 0 Å². The first-order valence-corrected chi connectivity index (χ1v) is 11.7. The third-order valence-electron chi connectivity index (χ3n) is 7.54. The van der Waals surface area contributed by atoms with E-state index < -0.39 is 0 Å². The van der Waals surface area contributed by atoms with Crippen molar-refractivity contribution < 1.29 is 9.59 Å². The fourth-order valence-electron chi connectivity index (χ4n) is 6.23. The van der Waals surface area contributed by atoms with Crippen LogP contribution < -0.4 is 0 Å². The van der Waals surface area contributed by atoms with E-state index in [9.17, 15) is 9.59 Å². The maximum absolute atomic E-state index is 12.7. The third kappa shape index (κ3) is 4.53. The lowest BCUT2D eigenvalue weighted by Crippen LogP contribution is -2.65. The van der Waals surface area contributed by atoms with Crippen molar-refractivity contribution in [3.8, 4) is 0 Å². The van der Waals surface area contributed by atoms with Crippen molar-refractivity contribution in [2.45, 2.75) is 70.5 Å². The minimum absolute atomic E-state index is 0.171. The molecule has 3 fully saturated rings. The highest BCUT2D eigenvalue weighted by Gasteiger charge is 2.48. The second kappa shape index (κ2) is 9.46. The van der Waals surface area contributed by atoms with Gasteiger partial charge in [-0.3, -0.25) is 19.5 Å². The van der Waals surface area contributed by atoms with Crippen LogP contribution in [0.15, 0.2) is 24.5 Å². The van der Waals surface area contributed by atoms with Gasteiger partial charge in [0, 0.05) is 58.0 Å². The van der Waals surface area contributed by atoms with E-state index in [2.05, 4.69) is 14.8 Å². The molecule has 1 aromatic rings. The van der Waals surface area contributed by atoms with Crippen molar-refractivity contribution >= 4 is 11.8 Å². The van der Waals surface area contributed by atoms with E-state index in [0.717, 1.165) is 24.9 Å². The predicted molar refractivity (Wildman–Crippen MR) is 117 cm³/mol. The van der Waals surface area contributed by atoms with E-state index in [4.69, 9.17) is 0 Å². The topological polar surface area (TPSA) is 56.8 Å². The number of amides is 2. The molecule has 0 N–H and O–H groups in total. The first kappa shape index (κ1) is 21.3. The molecule has 0 unspecified atom stereocenters. The highest BCUT2D eigenvalue weighted by Crippen LogP contribution is 2.43. The zero-order valence-electron chi connectivity index (χ0n) is 18.5. The fourth-order valence-corrected chi connectivity index (χ4v) is 6.23. The van der Waals surface area contributed by atoms with Gasteiger partial charge >= 0.3 is 0 Å². The Labute approximate surface area is 180 Å². The first-order chi connectivity index (χ1) is 14.5. The minimum Gasteiger partial charge on any atom is -0.341 e. The van der Waals surface area contributed by atoms with Gasteiger partial charge in [0.15, 0.2) is 0 Å². The number of pyridine rings is 1. The molecule has 4 heterocycles. The van der Waals surface area contributed by atoms with Gasteiger partial charge in [-0.25, -0.2) is 0 Å². The summed E-state index contributed by atoms with van der Waals surface area (Å²) in [4.78, 5) is 35.9. The van der Waals surface area contributed by atoms with Crippen LogP contribution in [0.4, 0.5) is 0 Å². The second-order valence-corrected chi connectivity index (χ2v) is 9.48. The average molecular weight is 413 g/mol. The lowest BCUT2D eigenvalue weighted by molar-refractivity contribution is -0.144. The Kier molecular flexibility index (Phi) is 6.71. The van der Waals surface area contributed by atoms with Crippen molar-refractivity contribution in [3.05, 3.63) is 30.1 Å². The maximum atomic E-state index is 12.7. The monoisotopic (exact) mass is 412 g/mol. The average Bonchev–Trinajstić information content (AvgIpc) is 2.75. The molecule has 4 rings (SSSR count). The largest absolute Gasteiger partial charge is 0.341 e. The minimum atomic E-state index is 0.171. The van der Waals surface area contributed by atoms with Crippen LogP contribution in [0.1, 0.15) is 57.4 Å². The van der Waals surface area contributed by atoms with Crippen molar-refractivity contribution in [2.75, 3.05) is 26.7 Å². The van der Waals surface area contributed by atoms with E-state index in [-0.39, 0.29) is 11.8 Å². The van der Waals surface area contributed by atoms with Crippen molar-refractivity contribution in [2.24, 2.45) is 11.8 Å². The van der Waals surface area contributed by atoms with E-state index >= 15 is 0 Å². The molecule has 1 aromatic heterocycles. The smallest absolute Gasteiger partial charge is 0.222 e. The van der Waals surface area contributed by atoms with Crippen LogP contribution in [0.25, 0.3) is 0 Å². The van der Waals surface area contributed by atoms with Crippen LogP contribution in [-0.4, -0.2) is 70.3 Å². The molecule has 0 aliphatic carbocycles. The standard InChI is InChI=1S/C24H36N4O2/c1-18(29)28-17-20-8-5-13-27-14-6-9-21(24(20)27)22(28)10-3-11-23(30)26(2)16-19-7-4-12-25-15-19/h4,7,12,15,20-22,24H,3,5-6,8-11,13-14,16-17H2,1-2H3/t20-,21+,22+,24-/m0/s1. The van der Waals surface area contributed by atoms with E-state index in [1.807, 2.05) is 25.4 Å². The van der Waals surface area contributed by atoms with Gasteiger partial charge in [0.25, 0.3) is 0 Å². The number of piperidine rings is 3. The molecule has 0 saturated carbocycles. The first-order valence-electron chi connectivity index (χ1n) is 11.7. The fraction of sp³-hybridized carbons (Fsp3) is 0.708. The molecule has 0 aromatic carbocycles. The molecule has 2 amide bonds. The van der Waals surface area contributed by atoms with Crippen LogP contribution in [0, 0.1) is 11.8 Å². The Morgan fingerprint density at radius 3 is 2.77 bits per heavy atom. The molecular formula is C24H36N4O2. The number of aromatic nitrogens is 1. The number of carbonyl (C=O) groups excluding carboxylic acids is 2. The summed E-state index contributed by atoms with van der Waals surface area (Å²) < 4.78 is 0. The van der Waals surface area contributed by atoms with Crippen LogP contribution in [0.5, 0.6) is 0 Å². The van der Waals surface area contributed by atoms with Crippen molar-refractivity contribution in [3.63, 3.8) is 0 Å². The Hall–Kier alpha value is -1.95. The van der Waals surface area contributed by atoms with Crippen LogP contribution in [-0.2, 0) is 16.1 Å². The number of carbonyl (C=O) groups is 2. The number of rotatable bonds is 6. The highest BCUT2D eigenvalue weighted by molar-refractivity contribution is 5.76. The summed E-state index contributed by atoms with van der Waals surface area (Å²) in [5.41, 5.74) is 1.05. The van der Waals surface area contributed by atoms with Crippen molar-refractivity contribution in [1.82, 2.24) is 19.7 Å². The molecule has 6 nitrogen and oxygen atoms in total. The summed E-state index contributed by atoms with van der Waals surface area (Å²) in [6, 6.07) is 4.84. The van der Waals surface area contributed by atoms with E-state index in [0.29, 0.717) is 36.9 Å². The Bertz CT molecular complexity index is 738. The lowest BCUT2D eigenvalue weighted by atomic mass is 9.69. The van der Waals surface area contributed by atoms with Gasteiger partial charge in [-0.15, -0.1) is 0 Å². The summed E-state index contributed by atoms with van der Waals surface area (Å²) in [5.74, 6) is 1.59. The van der Waals surface area contributed by atoms with Gasteiger partial charge in [0.1, 0.15) is 0 Å². The van der Waals surface area contributed by atoms with E-state index in [1.54, 1.807) is 18.0 Å². The predicted octanol–water partition coefficient (Wildman–Crippen LogP) is 2.93. The summed E-state index contributed by atoms with van der Waals surface area (Å²) in [7, 11) is 1.86. The molecule has 4 atom stereocenters. The summed E-state index contributed by atoms with van der Waals surface area (Å²) in [5, 5.41) is 0. The number of likely N-dealkylation sites (tertiary alicyclic amines) is 1. The molecule has 164 valence electrons. The summed E-state index contributed by atoms with van der Waals surface area (Å²) in [6.45, 7) is 5.68. The Morgan fingerprint density at radius 1 is 1.23 bits per heavy atom. The quantitative estimate of drug-likeness (QED) is 0.721. The van der Waals surface area contributed by atoms with Gasteiger partial charge in [0.2, 0.25) is 11.8 Å². The molecule has 0 spiro atoms. The van der Waals surface area contributed by atoms with Crippen LogP contribution in [0.3, 0.4) is 0 Å². The Morgan fingerprint density at radius 2 is 2.03 bits per heavy atom. The molecular weight excluding hydrogens is 376 g/mol. The number of hydrogen-bond donors (Lipinski definition) is 0. The zero-order valence-corrected chi connectivity index (χ0v) is 18.5. The van der Waals surface area contributed by atoms with Gasteiger partial charge in [-0.05, 0) is 75.1 Å². The number of nitrogens with zero attached hydrogens (tertiary/aromatic N) is 4. The third-order valence-corrected chi connectivity index (χ3v) is 7.54. The SMILES string of the molecule is CC(=O)N1C[C@@H]2CCCN3CCC[C@@H]([C@H]23)[C@H]1CCCC(=O)N(C)Cc1cccnc1. The molecule has 3 aliphatic heterocycles. The maximum Gasteiger partial charge on any atom is 0.222 e. The molecule has 3 saturated heterocycles. The number of hydrogen-bond acceptors (Lipinski definition) is 4.